The molecule has 1 aliphatic heterocycles. The zero-order chi connectivity index (χ0) is 7.40. The van der Waals surface area contributed by atoms with E-state index in [4.69, 9.17) is 4.74 Å². The molecule has 0 spiro atoms. The molecule has 0 saturated carbocycles. The van der Waals surface area contributed by atoms with Crippen molar-refractivity contribution in [2.45, 2.75) is 32.8 Å². The lowest BCUT2D eigenvalue weighted by Crippen LogP contribution is -2.19. The van der Waals surface area contributed by atoms with Crippen molar-refractivity contribution in [1.82, 2.24) is 0 Å². The third kappa shape index (κ3) is 2.14. The summed E-state index contributed by atoms with van der Waals surface area (Å²) in [5, 5.41) is 0. The van der Waals surface area contributed by atoms with E-state index < -0.39 is 0 Å². The summed E-state index contributed by atoms with van der Waals surface area (Å²) in [4.78, 5) is 0. The summed E-state index contributed by atoms with van der Waals surface area (Å²) >= 11 is 0. The molecule has 2 atom stereocenters. The molecule has 0 N–H and O–H groups in total. The summed E-state index contributed by atoms with van der Waals surface area (Å²) in [5.74, 6) is 0.713. The van der Waals surface area contributed by atoms with Gasteiger partial charge in [-0.3, -0.25) is 0 Å². The Morgan fingerprint density at radius 2 is 2.10 bits per heavy atom. The van der Waals surface area contributed by atoms with E-state index >= 15 is 0 Å². The van der Waals surface area contributed by atoms with Crippen molar-refractivity contribution in [2.75, 3.05) is 6.61 Å². The third-order valence-corrected chi connectivity index (χ3v) is 2.21. The molecule has 1 heterocycles. The quantitative estimate of drug-likeness (QED) is 0.469. The molecule has 58 valence electrons. The molecule has 1 heteroatoms. The summed E-state index contributed by atoms with van der Waals surface area (Å²) in [6, 6.07) is 0. The monoisotopic (exact) mass is 140 g/mol. The number of allylic oxidation sites excluding steroid dienone is 1. The van der Waals surface area contributed by atoms with Crippen molar-refractivity contribution >= 4 is 0 Å². The number of rotatable bonds is 0. The van der Waals surface area contributed by atoms with Gasteiger partial charge in [-0.05, 0) is 25.7 Å². The van der Waals surface area contributed by atoms with E-state index in [2.05, 4.69) is 26.0 Å². The van der Waals surface area contributed by atoms with Gasteiger partial charge < -0.3 is 4.74 Å². The fraction of sp³-hybridized carbons (Fsp3) is 0.778. The zero-order valence-corrected chi connectivity index (χ0v) is 6.84. The maximum absolute atomic E-state index is 5.51. The van der Waals surface area contributed by atoms with Crippen LogP contribution in [0.4, 0.5) is 0 Å². The molecular formula is C9H16O. The Morgan fingerprint density at radius 1 is 1.30 bits per heavy atom. The second-order valence-corrected chi connectivity index (χ2v) is 3.06. The maximum Gasteiger partial charge on any atom is 0.0651 e. The van der Waals surface area contributed by atoms with Crippen LogP contribution in [0.15, 0.2) is 12.2 Å². The van der Waals surface area contributed by atoms with E-state index in [9.17, 15) is 0 Å². The summed E-state index contributed by atoms with van der Waals surface area (Å²) in [6.07, 6.45) is 7.24. The Labute approximate surface area is 63.1 Å². The van der Waals surface area contributed by atoms with Gasteiger partial charge in [-0.2, -0.15) is 0 Å². The molecule has 0 fully saturated rings. The fourth-order valence-electron chi connectivity index (χ4n) is 1.15. The van der Waals surface area contributed by atoms with E-state index in [0.29, 0.717) is 12.0 Å². The number of hydrogen-bond acceptors (Lipinski definition) is 1. The number of hydrogen-bond donors (Lipinski definition) is 0. The van der Waals surface area contributed by atoms with E-state index in [1.165, 1.54) is 12.8 Å². The lowest BCUT2D eigenvalue weighted by molar-refractivity contribution is 0.0435. The van der Waals surface area contributed by atoms with Gasteiger partial charge in [-0.25, -0.2) is 0 Å². The van der Waals surface area contributed by atoms with Crippen LogP contribution in [0.5, 0.6) is 0 Å². The Kier molecular flexibility index (Phi) is 2.94. The molecule has 0 amide bonds. The summed E-state index contributed by atoms with van der Waals surface area (Å²) < 4.78 is 5.51. The Balaban J connectivity index is 2.40. The van der Waals surface area contributed by atoms with Gasteiger partial charge >= 0.3 is 0 Å². The third-order valence-electron chi connectivity index (χ3n) is 2.21. The molecule has 1 nitrogen and oxygen atoms in total. The smallest absolute Gasteiger partial charge is 0.0651 e. The predicted molar refractivity (Wildman–Crippen MR) is 43.0 cm³/mol. The average Bonchev–Trinajstić information content (AvgIpc) is 1.92. The standard InChI is InChI=1S/C9H16O/c1-8-6-4-3-5-7-10-9(8)2/h3,5,8-9H,4,6-7H2,1-2H3/b5-3-. The van der Waals surface area contributed by atoms with Gasteiger partial charge in [0.15, 0.2) is 0 Å². The first-order chi connectivity index (χ1) is 4.80. The van der Waals surface area contributed by atoms with E-state index in [-0.39, 0.29) is 0 Å². The SMILES string of the molecule is CC1CC/C=C\COC1C. The van der Waals surface area contributed by atoms with Crippen LogP contribution in [0, 0.1) is 5.92 Å². The molecule has 1 aliphatic rings. The molecule has 0 saturated heterocycles. The van der Waals surface area contributed by atoms with Crippen LogP contribution in [0.25, 0.3) is 0 Å². The number of ether oxygens (including phenoxy) is 1. The van der Waals surface area contributed by atoms with Crippen molar-refractivity contribution in [3.05, 3.63) is 12.2 Å². The van der Waals surface area contributed by atoms with Gasteiger partial charge in [0.2, 0.25) is 0 Å². The van der Waals surface area contributed by atoms with E-state index in [1.54, 1.807) is 0 Å². The minimum Gasteiger partial charge on any atom is -0.374 e. The molecule has 0 aromatic rings. The highest BCUT2D eigenvalue weighted by atomic mass is 16.5. The van der Waals surface area contributed by atoms with Crippen LogP contribution >= 0.6 is 0 Å². The maximum atomic E-state index is 5.51. The topological polar surface area (TPSA) is 9.23 Å². The molecule has 0 aliphatic carbocycles. The van der Waals surface area contributed by atoms with Crippen molar-refractivity contribution in [1.29, 1.82) is 0 Å². The van der Waals surface area contributed by atoms with Crippen molar-refractivity contribution in [3.63, 3.8) is 0 Å². The van der Waals surface area contributed by atoms with Crippen LogP contribution in [0.2, 0.25) is 0 Å². The molecule has 10 heavy (non-hydrogen) atoms. The molecule has 1 rings (SSSR count). The Hall–Kier alpha value is -0.300. The lowest BCUT2D eigenvalue weighted by atomic mass is 9.99. The first-order valence-electron chi connectivity index (χ1n) is 4.07. The summed E-state index contributed by atoms with van der Waals surface area (Å²) in [6.45, 7) is 5.21. The van der Waals surface area contributed by atoms with Gasteiger partial charge in [0.05, 0.1) is 12.7 Å². The first-order valence-corrected chi connectivity index (χ1v) is 4.07. The molecule has 0 radical (unpaired) electrons. The van der Waals surface area contributed by atoms with Gasteiger partial charge in [0.1, 0.15) is 0 Å². The second-order valence-electron chi connectivity index (χ2n) is 3.06. The second kappa shape index (κ2) is 3.77. The van der Waals surface area contributed by atoms with Gasteiger partial charge in [0, 0.05) is 0 Å². The van der Waals surface area contributed by atoms with Gasteiger partial charge in [-0.15, -0.1) is 0 Å². The van der Waals surface area contributed by atoms with Crippen molar-refractivity contribution in [2.24, 2.45) is 5.92 Å². The van der Waals surface area contributed by atoms with Crippen LogP contribution in [0.3, 0.4) is 0 Å². The van der Waals surface area contributed by atoms with Crippen LogP contribution in [-0.2, 0) is 4.74 Å². The van der Waals surface area contributed by atoms with Gasteiger partial charge in [0.25, 0.3) is 0 Å². The highest BCUT2D eigenvalue weighted by Crippen LogP contribution is 2.15. The molecule has 2 unspecified atom stereocenters. The van der Waals surface area contributed by atoms with Crippen molar-refractivity contribution in [3.8, 4) is 0 Å². The summed E-state index contributed by atoms with van der Waals surface area (Å²) in [7, 11) is 0. The molecular weight excluding hydrogens is 124 g/mol. The largest absolute Gasteiger partial charge is 0.374 e. The molecule has 0 bridgehead atoms. The minimum atomic E-state index is 0.435. The molecule has 0 aromatic heterocycles. The summed E-state index contributed by atoms with van der Waals surface area (Å²) in [5.41, 5.74) is 0. The predicted octanol–water partition coefficient (Wildman–Crippen LogP) is 2.38. The van der Waals surface area contributed by atoms with E-state index in [0.717, 1.165) is 6.61 Å². The van der Waals surface area contributed by atoms with Crippen molar-refractivity contribution < 1.29 is 4.74 Å². The van der Waals surface area contributed by atoms with Crippen LogP contribution < -0.4 is 0 Å². The highest BCUT2D eigenvalue weighted by molar-refractivity contribution is 4.84. The minimum absolute atomic E-state index is 0.435. The normalized spacial score (nSPS) is 38.2. The lowest BCUT2D eigenvalue weighted by Gasteiger charge is -2.20. The Morgan fingerprint density at radius 3 is 2.90 bits per heavy atom. The molecule has 0 aromatic carbocycles. The highest BCUT2D eigenvalue weighted by Gasteiger charge is 2.11. The first kappa shape index (κ1) is 7.80. The van der Waals surface area contributed by atoms with Gasteiger partial charge in [-0.1, -0.05) is 19.1 Å². The fourth-order valence-corrected chi connectivity index (χ4v) is 1.15. The van der Waals surface area contributed by atoms with Crippen LogP contribution in [0.1, 0.15) is 26.7 Å². The average molecular weight is 140 g/mol. The van der Waals surface area contributed by atoms with Crippen LogP contribution in [-0.4, -0.2) is 12.7 Å². The Bertz CT molecular complexity index is 104. The zero-order valence-electron chi connectivity index (χ0n) is 6.84. The van der Waals surface area contributed by atoms with E-state index in [1.807, 2.05) is 0 Å².